The average Bonchev–Trinajstić information content (AvgIpc) is 2.01. The van der Waals surface area contributed by atoms with E-state index in [-0.39, 0.29) is 11.3 Å². The van der Waals surface area contributed by atoms with Gasteiger partial charge in [0, 0.05) is 20.1 Å². The zero-order valence-corrected chi connectivity index (χ0v) is 9.55. The van der Waals surface area contributed by atoms with E-state index in [2.05, 4.69) is 13.8 Å². The third-order valence-corrected chi connectivity index (χ3v) is 3.14. The van der Waals surface area contributed by atoms with Crippen molar-refractivity contribution in [3.63, 3.8) is 0 Å². The quantitative estimate of drug-likeness (QED) is 0.738. The first-order valence-corrected chi connectivity index (χ1v) is 5.47. The second-order valence-corrected chi connectivity index (χ2v) is 4.92. The molecule has 0 aliphatic heterocycles. The molecule has 0 aromatic carbocycles. The van der Waals surface area contributed by atoms with Crippen LogP contribution in [0.5, 0.6) is 0 Å². The number of amides is 1. The van der Waals surface area contributed by atoms with E-state index in [1.807, 2.05) is 11.9 Å². The van der Waals surface area contributed by atoms with E-state index in [9.17, 15) is 4.79 Å². The standard InChI is InChI=1S/C11H22N2O/c1-9(2)7-13(3)10(14)11(8-12)5-4-6-11/h9H,4-8,12H2,1-3H3. The van der Waals surface area contributed by atoms with Crippen molar-refractivity contribution >= 4 is 5.91 Å². The highest BCUT2D eigenvalue weighted by atomic mass is 16.2. The molecule has 0 saturated heterocycles. The fourth-order valence-electron chi connectivity index (χ4n) is 2.14. The molecule has 82 valence electrons. The van der Waals surface area contributed by atoms with Crippen molar-refractivity contribution in [3.8, 4) is 0 Å². The average molecular weight is 198 g/mol. The third kappa shape index (κ3) is 2.08. The number of hydrogen-bond donors (Lipinski definition) is 1. The molecule has 0 aromatic heterocycles. The van der Waals surface area contributed by atoms with Gasteiger partial charge in [0.25, 0.3) is 0 Å². The Morgan fingerprint density at radius 1 is 1.50 bits per heavy atom. The van der Waals surface area contributed by atoms with Gasteiger partial charge in [0.1, 0.15) is 0 Å². The summed E-state index contributed by atoms with van der Waals surface area (Å²) in [6.07, 6.45) is 3.11. The van der Waals surface area contributed by atoms with Crippen molar-refractivity contribution in [3.05, 3.63) is 0 Å². The molecule has 0 bridgehead atoms. The number of nitrogens with two attached hydrogens (primary N) is 1. The molecule has 1 rings (SSSR count). The maximum absolute atomic E-state index is 12.1. The van der Waals surface area contributed by atoms with Crippen molar-refractivity contribution in [2.24, 2.45) is 17.1 Å². The topological polar surface area (TPSA) is 46.3 Å². The van der Waals surface area contributed by atoms with Gasteiger partial charge >= 0.3 is 0 Å². The van der Waals surface area contributed by atoms with E-state index < -0.39 is 0 Å². The Morgan fingerprint density at radius 2 is 2.07 bits per heavy atom. The molecule has 1 aliphatic carbocycles. The van der Waals surface area contributed by atoms with Gasteiger partial charge in [0.15, 0.2) is 0 Å². The van der Waals surface area contributed by atoms with Gasteiger partial charge < -0.3 is 10.6 Å². The van der Waals surface area contributed by atoms with Crippen LogP contribution >= 0.6 is 0 Å². The lowest BCUT2D eigenvalue weighted by atomic mass is 9.68. The van der Waals surface area contributed by atoms with Crippen LogP contribution in [-0.2, 0) is 4.79 Å². The molecule has 0 unspecified atom stereocenters. The summed E-state index contributed by atoms with van der Waals surface area (Å²) < 4.78 is 0. The number of hydrogen-bond acceptors (Lipinski definition) is 2. The van der Waals surface area contributed by atoms with E-state index in [1.165, 1.54) is 0 Å². The van der Waals surface area contributed by atoms with Crippen LogP contribution in [0.25, 0.3) is 0 Å². The molecule has 1 fully saturated rings. The van der Waals surface area contributed by atoms with Crippen LogP contribution in [0.4, 0.5) is 0 Å². The first-order chi connectivity index (χ1) is 6.52. The summed E-state index contributed by atoms with van der Waals surface area (Å²) in [5.74, 6) is 0.777. The van der Waals surface area contributed by atoms with Gasteiger partial charge in [-0.3, -0.25) is 4.79 Å². The van der Waals surface area contributed by atoms with Gasteiger partial charge in [-0.2, -0.15) is 0 Å². The van der Waals surface area contributed by atoms with Gasteiger partial charge in [-0.25, -0.2) is 0 Å². The Morgan fingerprint density at radius 3 is 2.36 bits per heavy atom. The van der Waals surface area contributed by atoms with Gasteiger partial charge in [0.05, 0.1) is 5.41 Å². The van der Waals surface area contributed by atoms with Crippen LogP contribution in [0.15, 0.2) is 0 Å². The largest absolute Gasteiger partial charge is 0.345 e. The number of nitrogens with zero attached hydrogens (tertiary/aromatic N) is 1. The smallest absolute Gasteiger partial charge is 0.229 e. The summed E-state index contributed by atoms with van der Waals surface area (Å²) in [6.45, 7) is 5.59. The minimum Gasteiger partial charge on any atom is -0.345 e. The van der Waals surface area contributed by atoms with E-state index >= 15 is 0 Å². The van der Waals surface area contributed by atoms with E-state index in [1.54, 1.807) is 0 Å². The lowest BCUT2D eigenvalue weighted by molar-refractivity contribution is -0.145. The van der Waals surface area contributed by atoms with Crippen LogP contribution in [0, 0.1) is 11.3 Å². The molecule has 0 atom stereocenters. The highest BCUT2D eigenvalue weighted by Gasteiger charge is 2.44. The maximum atomic E-state index is 12.1. The lowest BCUT2D eigenvalue weighted by Gasteiger charge is -2.42. The summed E-state index contributed by atoms with van der Waals surface area (Å²) >= 11 is 0. The molecule has 0 radical (unpaired) electrons. The van der Waals surface area contributed by atoms with Crippen LogP contribution in [0.3, 0.4) is 0 Å². The molecule has 1 amide bonds. The van der Waals surface area contributed by atoms with Crippen LogP contribution in [-0.4, -0.2) is 30.9 Å². The van der Waals surface area contributed by atoms with E-state index in [4.69, 9.17) is 5.73 Å². The molecule has 2 N–H and O–H groups in total. The fraction of sp³-hybridized carbons (Fsp3) is 0.909. The second kappa shape index (κ2) is 4.30. The molecular formula is C11H22N2O. The Kier molecular flexibility index (Phi) is 3.53. The number of rotatable bonds is 4. The Labute approximate surface area is 86.6 Å². The molecule has 1 saturated carbocycles. The van der Waals surface area contributed by atoms with Gasteiger partial charge in [-0.05, 0) is 18.8 Å². The van der Waals surface area contributed by atoms with Crippen LogP contribution < -0.4 is 5.73 Å². The lowest BCUT2D eigenvalue weighted by Crippen LogP contribution is -2.51. The van der Waals surface area contributed by atoms with Crippen molar-refractivity contribution in [1.29, 1.82) is 0 Å². The van der Waals surface area contributed by atoms with Gasteiger partial charge in [-0.1, -0.05) is 20.3 Å². The second-order valence-electron chi connectivity index (χ2n) is 4.92. The zero-order chi connectivity index (χ0) is 10.8. The predicted molar refractivity (Wildman–Crippen MR) is 57.8 cm³/mol. The molecule has 0 aromatic rings. The summed E-state index contributed by atoms with van der Waals surface area (Å²) in [5, 5.41) is 0. The van der Waals surface area contributed by atoms with E-state index in [0.29, 0.717) is 12.5 Å². The predicted octanol–water partition coefficient (Wildman–Crippen LogP) is 1.23. The molecule has 3 nitrogen and oxygen atoms in total. The first kappa shape index (κ1) is 11.5. The van der Waals surface area contributed by atoms with E-state index in [0.717, 1.165) is 25.8 Å². The van der Waals surface area contributed by atoms with Crippen LogP contribution in [0.2, 0.25) is 0 Å². The summed E-state index contributed by atoms with van der Waals surface area (Å²) in [5.41, 5.74) is 5.49. The molecule has 1 aliphatic rings. The van der Waals surface area contributed by atoms with Crippen LogP contribution in [0.1, 0.15) is 33.1 Å². The Bertz CT molecular complexity index is 204. The SMILES string of the molecule is CC(C)CN(C)C(=O)C1(CN)CCC1. The van der Waals surface area contributed by atoms with Crippen molar-refractivity contribution in [2.75, 3.05) is 20.1 Å². The Balaban J connectivity index is 2.54. The van der Waals surface area contributed by atoms with Crippen molar-refractivity contribution in [1.82, 2.24) is 4.90 Å². The summed E-state index contributed by atoms with van der Waals surface area (Å²) in [4.78, 5) is 13.9. The fourth-order valence-corrected chi connectivity index (χ4v) is 2.14. The first-order valence-electron chi connectivity index (χ1n) is 5.47. The third-order valence-electron chi connectivity index (χ3n) is 3.14. The van der Waals surface area contributed by atoms with Gasteiger partial charge in [0.2, 0.25) is 5.91 Å². The number of carbonyl (C=O) groups excluding carboxylic acids is 1. The highest BCUT2D eigenvalue weighted by molar-refractivity contribution is 5.83. The molecule has 14 heavy (non-hydrogen) atoms. The van der Waals surface area contributed by atoms with Crippen molar-refractivity contribution < 1.29 is 4.79 Å². The monoisotopic (exact) mass is 198 g/mol. The molecule has 3 heteroatoms. The normalized spacial score (nSPS) is 19.2. The minimum atomic E-state index is -0.205. The molecular weight excluding hydrogens is 176 g/mol. The molecule has 0 spiro atoms. The summed E-state index contributed by atoms with van der Waals surface area (Å²) in [6, 6.07) is 0. The van der Waals surface area contributed by atoms with Gasteiger partial charge in [-0.15, -0.1) is 0 Å². The van der Waals surface area contributed by atoms with Crippen molar-refractivity contribution in [2.45, 2.75) is 33.1 Å². The maximum Gasteiger partial charge on any atom is 0.229 e. The Hall–Kier alpha value is -0.570. The summed E-state index contributed by atoms with van der Waals surface area (Å²) in [7, 11) is 1.89. The minimum absolute atomic E-state index is 0.205. The number of carbonyl (C=O) groups is 1. The molecule has 0 heterocycles. The highest BCUT2D eigenvalue weighted by Crippen LogP contribution is 2.41. The zero-order valence-electron chi connectivity index (χ0n) is 9.55.